The molecule has 9 heteroatoms. The van der Waals surface area contributed by atoms with Gasteiger partial charge in [-0.05, 0) is 61.7 Å². The zero-order chi connectivity index (χ0) is 26.8. The van der Waals surface area contributed by atoms with E-state index in [1.165, 1.54) is 16.7 Å². The van der Waals surface area contributed by atoms with Crippen molar-refractivity contribution in [3.05, 3.63) is 105 Å². The number of thioether (sulfide) groups is 1. The summed E-state index contributed by atoms with van der Waals surface area (Å²) in [5.74, 6) is 1.71. The summed E-state index contributed by atoms with van der Waals surface area (Å²) in [5.41, 5.74) is 6.55. The van der Waals surface area contributed by atoms with E-state index in [1.807, 2.05) is 55.5 Å². The maximum Gasteiger partial charge on any atom is 0.255 e. The largest absolute Gasteiger partial charge is 0.495 e. The summed E-state index contributed by atoms with van der Waals surface area (Å²) < 4.78 is 8.20. The van der Waals surface area contributed by atoms with E-state index in [0.717, 1.165) is 21.5 Å². The number of nitrogens with one attached hydrogen (secondary N) is 2. The summed E-state index contributed by atoms with van der Waals surface area (Å²) in [7, 11) is 1.58. The lowest BCUT2D eigenvalue weighted by Gasteiger charge is -2.28. The van der Waals surface area contributed by atoms with Crippen LogP contribution >= 0.6 is 27.7 Å². The molecule has 2 heterocycles. The monoisotopic (exact) mass is 589 g/mol. The first kappa shape index (κ1) is 26.1. The van der Waals surface area contributed by atoms with Crippen molar-refractivity contribution in [3.8, 4) is 5.75 Å². The van der Waals surface area contributed by atoms with Crippen LogP contribution in [0.4, 0.5) is 11.6 Å². The van der Waals surface area contributed by atoms with Crippen LogP contribution in [0.1, 0.15) is 35.2 Å². The predicted octanol–water partition coefficient (Wildman–Crippen LogP) is 6.89. The van der Waals surface area contributed by atoms with Crippen LogP contribution in [0, 0.1) is 13.8 Å². The van der Waals surface area contributed by atoms with Crippen molar-refractivity contribution >= 4 is 45.2 Å². The Kier molecular flexibility index (Phi) is 7.58. The number of hydrogen-bond acceptors (Lipinski definition) is 6. The summed E-state index contributed by atoms with van der Waals surface area (Å²) in [5, 5.41) is 11.8. The van der Waals surface area contributed by atoms with E-state index >= 15 is 0 Å². The second-order valence-corrected chi connectivity index (χ2v) is 11.0. The van der Waals surface area contributed by atoms with Crippen molar-refractivity contribution in [3.63, 3.8) is 0 Å². The molecule has 1 unspecified atom stereocenters. The number of aromatic nitrogens is 3. The maximum absolute atomic E-state index is 13.7. The number of aryl methyl sites for hydroxylation is 2. The molecule has 1 aliphatic rings. The summed E-state index contributed by atoms with van der Waals surface area (Å²) in [6.07, 6.45) is 0. The van der Waals surface area contributed by atoms with Gasteiger partial charge in [0.25, 0.3) is 5.91 Å². The van der Waals surface area contributed by atoms with Crippen molar-refractivity contribution < 1.29 is 9.53 Å². The number of methoxy groups -OCH3 is 1. The second kappa shape index (κ2) is 11.0. The summed E-state index contributed by atoms with van der Waals surface area (Å²) >= 11 is 5.10. The van der Waals surface area contributed by atoms with Gasteiger partial charge in [-0.15, -0.1) is 5.10 Å². The number of allylic oxidation sites excluding steroid dienone is 1. The first-order valence-electron chi connectivity index (χ1n) is 12.2. The summed E-state index contributed by atoms with van der Waals surface area (Å²) in [6, 6.07) is 21.3. The lowest BCUT2D eigenvalue weighted by molar-refractivity contribution is -0.113. The first-order chi connectivity index (χ1) is 18.3. The van der Waals surface area contributed by atoms with Crippen LogP contribution in [0.5, 0.6) is 5.75 Å². The highest BCUT2D eigenvalue weighted by Crippen LogP contribution is 2.38. The molecule has 0 fully saturated rings. The van der Waals surface area contributed by atoms with Gasteiger partial charge in [-0.2, -0.15) is 4.98 Å². The van der Waals surface area contributed by atoms with Crippen LogP contribution in [0.3, 0.4) is 0 Å². The van der Waals surface area contributed by atoms with Crippen LogP contribution < -0.4 is 15.4 Å². The van der Waals surface area contributed by atoms with Crippen LogP contribution in [-0.4, -0.2) is 27.8 Å². The van der Waals surface area contributed by atoms with E-state index in [1.54, 1.807) is 23.6 Å². The van der Waals surface area contributed by atoms with Crippen LogP contribution in [-0.2, 0) is 10.5 Å². The van der Waals surface area contributed by atoms with Gasteiger partial charge in [0.15, 0.2) is 0 Å². The third-order valence-corrected chi connectivity index (χ3v) is 7.89. The third-order valence-electron chi connectivity index (χ3n) is 6.47. The fourth-order valence-electron chi connectivity index (χ4n) is 4.53. The molecule has 0 saturated heterocycles. The van der Waals surface area contributed by atoms with Gasteiger partial charge >= 0.3 is 0 Å². The van der Waals surface area contributed by atoms with Crippen LogP contribution in [0.15, 0.2) is 87.6 Å². The third kappa shape index (κ3) is 5.35. The predicted molar refractivity (Wildman–Crippen MR) is 156 cm³/mol. The highest BCUT2D eigenvalue weighted by Gasteiger charge is 2.34. The number of benzene rings is 3. The lowest BCUT2D eigenvalue weighted by Crippen LogP contribution is -2.31. The molecule has 4 aromatic rings. The Balaban J connectivity index is 1.49. The highest BCUT2D eigenvalue weighted by molar-refractivity contribution is 9.10. The average molecular weight is 591 g/mol. The van der Waals surface area contributed by atoms with Gasteiger partial charge in [0.2, 0.25) is 11.1 Å². The number of carbonyl (C=O) groups excluding carboxylic acids is 1. The molecule has 0 spiro atoms. The zero-order valence-electron chi connectivity index (χ0n) is 21.6. The maximum atomic E-state index is 13.7. The minimum atomic E-state index is -0.461. The normalized spacial score (nSPS) is 14.6. The molecule has 0 bridgehead atoms. The molecule has 3 aromatic carbocycles. The van der Waals surface area contributed by atoms with Crippen LogP contribution in [0.25, 0.3) is 0 Å². The molecule has 7 nitrogen and oxygen atoms in total. The van der Waals surface area contributed by atoms with E-state index < -0.39 is 6.04 Å². The van der Waals surface area contributed by atoms with Gasteiger partial charge in [0.1, 0.15) is 11.8 Å². The number of carbonyl (C=O) groups is 1. The molecule has 194 valence electrons. The number of para-hydroxylation sites is 2. The highest BCUT2D eigenvalue weighted by atomic mass is 79.9. The Morgan fingerprint density at radius 1 is 1.11 bits per heavy atom. The Morgan fingerprint density at radius 2 is 1.87 bits per heavy atom. The van der Waals surface area contributed by atoms with Gasteiger partial charge in [0.05, 0.1) is 18.4 Å². The standard InChI is InChI=1S/C29H28BrN5O2S/c1-17-9-10-21(18(2)15-17)16-38-29-33-28-31-19(3)25(27(36)32-23-7-5-6-8-24(23)37-4)26(35(28)34-29)20-11-13-22(30)14-12-20/h5-15,26H,16H2,1-4H3,(H,32,36)(H,31,33,34). The SMILES string of the molecule is COc1ccccc1NC(=O)C1=C(C)Nc2nc(SCc3ccc(C)cc3C)nn2C1c1ccc(Br)cc1. The van der Waals surface area contributed by atoms with E-state index in [9.17, 15) is 4.79 Å². The molecule has 1 atom stereocenters. The Hall–Kier alpha value is -3.56. The lowest BCUT2D eigenvalue weighted by atomic mass is 9.95. The first-order valence-corrected chi connectivity index (χ1v) is 13.9. The van der Waals surface area contributed by atoms with Crippen molar-refractivity contribution in [1.82, 2.24) is 14.8 Å². The average Bonchev–Trinajstić information content (AvgIpc) is 3.30. The number of halogens is 1. The molecule has 1 aromatic heterocycles. The summed E-state index contributed by atoms with van der Waals surface area (Å²) in [6.45, 7) is 6.11. The topological polar surface area (TPSA) is 81.1 Å². The smallest absolute Gasteiger partial charge is 0.255 e. The number of hydrogen-bond donors (Lipinski definition) is 2. The van der Waals surface area contributed by atoms with Crippen molar-refractivity contribution in [1.29, 1.82) is 0 Å². The minimum Gasteiger partial charge on any atom is -0.495 e. The molecule has 5 rings (SSSR count). The number of ether oxygens (including phenoxy) is 1. The molecule has 38 heavy (non-hydrogen) atoms. The fourth-order valence-corrected chi connectivity index (χ4v) is 5.70. The fraction of sp³-hybridized carbons (Fsp3) is 0.207. The van der Waals surface area contributed by atoms with Gasteiger partial charge in [-0.25, -0.2) is 4.68 Å². The summed E-state index contributed by atoms with van der Waals surface area (Å²) in [4.78, 5) is 18.5. The molecular formula is C29H28BrN5O2S. The number of amides is 1. The zero-order valence-corrected chi connectivity index (χ0v) is 24.0. The number of nitrogens with zero attached hydrogens (tertiary/aromatic N) is 3. The number of fused-ring (bicyclic) bond motifs is 1. The molecule has 0 aliphatic carbocycles. The van der Waals surface area contributed by atoms with Gasteiger partial charge in [-0.3, -0.25) is 4.79 Å². The van der Waals surface area contributed by atoms with Crippen molar-refractivity contribution in [2.45, 2.75) is 37.7 Å². The van der Waals surface area contributed by atoms with E-state index in [2.05, 4.69) is 58.6 Å². The molecule has 1 amide bonds. The molecule has 0 saturated carbocycles. The van der Waals surface area contributed by atoms with E-state index in [-0.39, 0.29) is 5.91 Å². The molecule has 0 radical (unpaired) electrons. The quantitative estimate of drug-likeness (QED) is 0.228. The minimum absolute atomic E-state index is 0.238. The number of rotatable bonds is 7. The van der Waals surface area contributed by atoms with Crippen molar-refractivity contribution in [2.24, 2.45) is 0 Å². The van der Waals surface area contributed by atoms with Gasteiger partial charge in [-0.1, -0.05) is 75.7 Å². The van der Waals surface area contributed by atoms with Crippen LogP contribution in [0.2, 0.25) is 0 Å². The Bertz CT molecular complexity index is 1530. The van der Waals surface area contributed by atoms with Crippen molar-refractivity contribution in [2.75, 3.05) is 17.7 Å². The Labute approximate surface area is 234 Å². The van der Waals surface area contributed by atoms with Gasteiger partial charge < -0.3 is 15.4 Å². The Morgan fingerprint density at radius 3 is 2.61 bits per heavy atom. The second-order valence-electron chi connectivity index (χ2n) is 9.15. The molecule has 1 aliphatic heterocycles. The van der Waals surface area contributed by atoms with Gasteiger partial charge in [0, 0.05) is 15.9 Å². The van der Waals surface area contributed by atoms with E-state index in [0.29, 0.717) is 28.1 Å². The number of anilines is 2. The molecule has 2 N–H and O–H groups in total. The van der Waals surface area contributed by atoms with E-state index in [4.69, 9.17) is 14.8 Å². The molecular weight excluding hydrogens is 562 g/mol.